The molecule has 0 atom stereocenters. The van der Waals surface area contributed by atoms with Crippen molar-refractivity contribution in [2.75, 3.05) is 17.9 Å². The van der Waals surface area contributed by atoms with Crippen molar-refractivity contribution in [3.63, 3.8) is 0 Å². The second kappa shape index (κ2) is 8.87. The van der Waals surface area contributed by atoms with E-state index in [9.17, 15) is 9.59 Å². The predicted octanol–water partition coefficient (Wildman–Crippen LogP) is 4.78. The molecule has 31 heavy (non-hydrogen) atoms. The van der Waals surface area contributed by atoms with Crippen LogP contribution in [0.15, 0.2) is 64.1 Å². The summed E-state index contributed by atoms with van der Waals surface area (Å²) in [5.41, 5.74) is 7.09. The molecule has 0 spiro atoms. The molecule has 0 aliphatic heterocycles. The number of anilines is 2. The SMILES string of the molecule is COC(=O)c1ccccc1NC(=O)c1oc2c(c1C)/C(=N/Nc1ccccc1)CCC2. The third-order valence-corrected chi connectivity index (χ3v) is 5.21. The Morgan fingerprint density at radius 2 is 1.77 bits per heavy atom. The van der Waals surface area contributed by atoms with Gasteiger partial charge in [-0.1, -0.05) is 30.3 Å². The molecule has 1 aliphatic rings. The van der Waals surface area contributed by atoms with Gasteiger partial charge in [-0.05, 0) is 44.0 Å². The molecule has 1 heterocycles. The maximum Gasteiger partial charge on any atom is 0.339 e. The number of methoxy groups -OCH3 is 1. The van der Waals surface area contributed by atoms with Gasteiger partial charge < -0.3 is 14.5 Å². The van der Waals surface area contributed by atoms with Gasteiger partial charge in [-0.25, -0.2) is 4.79 Å². The van der Waals surface area contributed by atoms with Gasteiger partial charge in [0, 0.05) is 17.5 Å². The zero-order valence-corrected chi connectivity index (χ0v) is 17.4. The van der Waals surface area contributed by atoms with Gasteiger partial charge >= 0.3 is 5.97 Å². The van der Waals surface area contributed by atoms with Crippen LogP contribution in [0.1, 0.15) is 50.6 Å². The highest BCUT2D eigenvalue weighted by Crippen LogP contribution is 2.31. The van der Waals surface area contributed by atoms with Crippen LogP contribution in [-0.2, 0) is 11.2 Å². The maximum atomic E-state index is 13.0. The number of nitrogens with one attached hydrogen (secondary N) is 2. The van der Waals surface area contributed by atoms with Gasteiger partial charge in [0.25, 0.3) is 5.91 Å². The number of amides is 1. The molecule has 3 aromatic rings. The highest BCUT2D eigenvalue weighted by Gasteiger charge is 2.28. The predicted molar refractivity (Wildman–Crippen MR) is 119 cm³/mol. The lowest BCUT2D eigenvalue weighted by Gasteiger charge is -2.13. The summed E-state index contributed by atoms with van der Waals surface area (Å²) in [6.45, 7) is 1.85. The van der Waals surface area contributed by atoms with E-state index in [0.29, 0.717) is 5.69 Å². The molecule has 1 aromatic heterocycles. The minimum Gasteiger partial charge on any atom is -0.465 e. The van der Waals surface area contributed by atoms with Crippen LogP contribution in [0.5, 0.6) is 0 Å². The summed E-state index contributed by atoms with van der Waals surface area (Å²) in [5.74, 6) is 0.0362. The first-order valence-electron chi connectivity index (χ1n) is 10.1. The zero-order valence-electron chi connectivity index (χ0n) is 17.4. The smallest absolute Gasteiger partial charge is 0.339 e. The van der Waals surface area contributed by atoms with E-state index in [0.717, 1.165) is 47.5 Å². The highest BCUT2D eigenvalue weighted by atomic mass is 16.5. The zero-order chi connectivity index (χ0) is 21.8. The van der Waals surface area contributed by atoms with E-state index in [-0.39, 0.29) is 11.3 Å². The number of benzene rings is 2. The Labute approximate surface area is 180 Å². The first-order valence-corrected chi connectivity index (χ1v) is 10.1. The first-order chi connectivity index (χ1) is 15.1. The molecule has 2 aromatic carbocycles. The summed E-state index contributed by atoms with van der Waals surface area (Å²) in [6, 6.07) is 16.4. The lowest BCUT2D eigenvalue weighted by atomic mass is 9.93. The van der Waals surface area contributed by atoms with Crippen LogP contribution in [0.4, 0.5) is 11.4 Å². The molecule has 158 valence electrons. The van der Waals surface area contributed by atoms with Crippen molar-refractivity contribution in [3.05, 3.63) is 82.8 Å². The van der Waals surface area contributed by atoms with Crippen molar-refractivity contribution in [1.82, 2.24) is 0 Å². The van der Waals surface area contributed by atoms with Gasteiger partial charge in [-0.2, -0.15) is 5.10 Å². The van der Waals surface area contributed by atoms with E-state index >= 15 is 0 Å². The molecule has 0 saturated carbocycles. The van der Waals surface area contributed by atoms with Gasteiger partial charge in [0.1, 0.15) is 5.76 Å². The molecular weight excluding hydrogens is 394 g/mol. The van der Waals surface area contributed by atoms with Gasteiger partial charge in [-0.3, -0.25) is 10.2 Å². The Kier molecular flexibility index (Phi) is 5.84. The van der Waals surface area contributed by atoms with E-state index < -0.39 is 11.9 Å². The fraction of sp³-hybridized carbons (Fsp3) is 0.208. The number of para-hydroxylation sites is 2. The number of ether oxygens (including phenoxy) is 1. The van der Waals surface area contributed by atoms with E-state index in [1.165, 1.54) is 7.11 Å². The lowest BCUT2D eigenvalue weighted by Crippen LogP contribution is -2.16. The third kappa shape index (κ3) is 4.21. The van der Waals surface area contributed by atoms with Gasteiger partial charge in [-0.15, -0.1) is 0 Å². The van der Waals surface area contributed by atoms with Crippen molar-refractivity contribution in [2.24, 2.45) is 5.10 Å². The molecule has 0 saturated heterocycles. The normalized spacial score (nSPS) is 14.1. The Bertz CT molecular complexity index is 1150. The van der Waals surface area contributed by atoms with Crippen molar-refractivity contribution < 1.29 is 18.7 Å². The largest absolute Gasteiger partial charge is 0.465 e. The molecule has 7 nitrogen and oxygen atoms in total. The van der Waals surface area contributed by atoms with Crippen molar-refractivity contribution >= 4 is 29.0 Å². The third-order valence-electron chi connectivity index (χ3n) is 5.21. The van der Waals surface area contributed by atoms with Crippen LogP contribution in [0.2, 0.25) is 0 Å². The Morgan fingerprint density at radius 1 is 1.03 bits per heavy atom. The summed E-state index contributed by atoms with van der Waals surface area (Å²) in [5, 5.41) is 7.35. The van der Waals surface area contributed by atoms with Crippen molar-refractivity contribution in [3.8, 4) is 0 Å². The van der Waals surface area contributed by atoms with Crippen LogP contribution in [0.3, 0.4) is 0 Å². The van der Waals surface area contributed by atoms with E-state index in [4.69, 9.17) is 9.15 Å². The molecule has 0 bridgehead atoms. The summed E-state index contributed by atoms with van der Waals surface area (Å²) in [7, 11) is 1.30. The molecule has 4 rings (SSSR count). The number of furan rings is 1. The number of carbonyl (C=O) groups excluding carboxylic acids is 2. The second-order valence-electron chi connectivity index (χ2n) is 7.24. The number of hydrogen-bond donors (Lipinski definition) is 2. The van der Waals surface area contributed by atoms with E-state index in [1.54, 1.807) is 24.3 Å². The number of fused-ring (bicyclic) bond motifs is 1. The number of nitrogens with zero attached hydrogens (tertiary/aromatic N) is 1. The summed E-state index contributed by atoms with van der Waals surface area (Å²) < 4.78 is 10.7. The molecule has 7 heteroatoms. The van der Waals surface area contributed by atoms with Crippen LogP contribution in [0.25, 0.3) is 0 Å². The number of aryl methyl sites for hydroxylation is 1. The van der Waals surface area contributed by atoms with Crippen LogP contribution in [0, 0.1) is 6.92 Å². The number of rotatable bonds is 5. The number of esters is 1. The first kappa shape index (κ1) is 20.4. The summed E-state index contributed by atoms with van der Waals surface area (Å²) in [4.78, 5) is 25.0. The average Bonchev–Trinajstić information content (AvgIpc) is 3.15. The van der Waals surface area contributed by atoms with Crippen LogP contribution < -0.4 is 10.7 Å². The maximum absolute atomic E-state index is 13.0. The summed E-state index contributed by atoms with van der Waals surface area (Å²) >= 11 is 0. The fourth-order valence-electron chi connectivity index (χ4n) is 3.70. The standard InChI is InChI=1S/C24H23N3O4/c1-15-21-19(27-26-16-9-4-3-5-10-16)13-8-14-20(21)31-22(15)23(28)25-18-12-7-6-11-17(18)24(29)30-2/h3-7,9-12,26H,8,13-14H2,1-2H3,(H,25,28)/b27-19+. The van der Waals surface area contributed by atoms with Gasteiger partial charge in [0.15, 0.2) is 5.76 Å². The molecule has 0 unspecified atom stereocenters. The minimum atomic E-state index is -0.521. The molecular formula is C24H23N3O4. The van der Waals surface area contributed by atoms with Crippen LogP contribution in [-0.4, -0.2) is 24.7 Å². The topological polar surface area (TPSA) is 92.9 Å². The molecule has 1 amide bonds. The van der Waals surface area contributed by atoms with E-state index in [2.05, 4.69) is 15.8 Å². The number of carbonyl (C=O) groups is 2. The van der Waals surface area contributed by atoms with Crippen LogP contribution >= 0.6 is 0 Å². The second-order valence-corrected chi connectivity index (χ2v) is 7.24. The quantitative estimate of drug-likeness (QED) is 0.460. The Morgan fingerprint density at radius 3 is 2.55 bits per heavy atom. The number of hydrogen-bond acceptors (Lipinski definition) is 6. The van der Waals surface area contributed by atoms with Crippen molar-refractivity contribution in [2.45, 2.75) is 26.2 Å². The highest BCUT2D eigenvalue weighted by molar-refractivity contribution is 6.10. The average molecular weight is 417 g/mol. The van der Waals surface area contributed by atoms with Gasteiger partial charge in [0.05, 0.1) is 29.8 Å². The lowest BCUT2D eigenvalue weighted by molar-refractivity contribution is 0.0602. The minimum absolute atomic E-state index is 0.221. The molecule has 1 aliphatic carbocycles. The fourth-order valence-corrected chi connectivity index (χ4v) is 3.70. The Hall–Kier alpha value is -3.87. The molecule has 0 fully saturated rings. The van der Waals surface area contributed by atoms with Crippen molar-refractivity contribution in [1.29, 1.82) is 0 Å². The monoisotopic (exact) mass is 417 g/mol. The molecule has 2 N–H and O–H groups in total. The number of hydrazone groups is 1. The van der Waals surface area contributed by atoms with E-state index in [1.807, 2.05) is 37.3 Å². The Balaban J connectivity index is 1.61. The van der Waals surface area contributed by atoms with Gasteiger partial charge in [0.2, 0.25) is 0 Å². The summed E-state index contributed by atoms with van der Waals surface area (Å²) in [6.07, 6.45) is 2.42. The molecule has 0 radical (unpaired) electrons.